The van der Waals surface area contributed by atoms with Crippen LogP contribution < -0.4 is 10.7 Å². The molecule has 0 aliphatic heterocycles. The summed E-state index contributed by atoms with van der Waals surface area (Å²) in [5.41, 5.74) is 0.228. The van der Waals surface area contributed by atoms with Gasteiger partial charge in [-0.3, -0.25) is 9.59 Å². The van der Waals surface area contributed by atoms with Crippen LogP contribution in [-0.2, 0) is 0 Å². The summed E-state index contributed by atoms with van der Waals surface area (Å²) < 4.78 is 0. The number of halogens is 2. The van der Waals surface area contributed by atoms with Crippen molar-refractivity contribution in [3.8, 4) is 0 Å². The van der Waals surface area contributed by atoms with Gasteiger partial charge in [0.25, 0.3) is 5.91 Å². The van der Waals surface area contributed by atoms with Crippen molar-refractivity contribution in [1.82, 2.24) is 10.3 Å². The molecule has 4 nitrogen and oxygen atoms in total. The fourth-order valence-electron chi connectivity index (χ4n) is 1.44. The standard InChI is InChI=1S/C12H16Br2N2O2/c1-3-12(6-13,7-14)16-11(18)9-5-15-8(2)4-10(9)17/h4-5H,3,6-7H2,1-2H3,(H,15,17)(H,16,18). The number of alkyl halides is 2. The quantitative estimate of drug-likeness (QED) is 0.771. The van der Waals surface area contributed by atoms with E-state index in [0.29, 0.717) is 10.7 Å². The number of pyridine rings is 1. The van der Waals surface area contributed by atoms with Crippen molar-refractivity contribution in [3.05, 3.63) is 33.7 Å². The Morgan fingerprint density at radius 3 is 2.50 bits per heavy atom. The van der Waals surface area contributed by atoms with Crippen LogP contribution in [0.25, 0.3) is 0 Å². The lowest BCUT2D eigenvalue weighted by Gasteiger charge is -2.29. The van der Waals surface area contributed by atoms with Crippen molar-refractivity contribution in [2.75, 3.05) is 10.7 Å². The number of rotatable bonds is 5. The molecule has 0 aliphatic rings. The van der Waals surface area contributed by atoms with Crippen LogP contribution in [0.15, 0.2) is 17.1 Å². The first-order valence-electron chi connectivity index (χ1n) is 5.62. The van der Waals surface area contributed by atoms with E-state index in [9.17, 15) is 9.59 Å². The lowest BCUT2D eigenvalue weighted by Crippen LogP contribution is -2.51. The normalized spacial score (nSPS) is 11.3. The van der Waals surface area contributed by atoms with Gasteiger partial charge in [0.15, 0.2) is 5.43 Å². The summed E-state index contributed by atoms with van der Waals surface area (Å²) in [5.74, 6) is -0.350. The molecule has 2 N–H and O–H groups in total. The molecule has 1 amide bonds. The first-order chi connectivity index (χ1) is 8.48. The number of nitrogens with one attached hydrogen (secondary N) is 2. The van der Waals surface area contributed by atoms with E-state index in [4.69, 9.17) is 0 Å². The molecule has 1 aromatic rings. The third-order valence-corrected chi connectivity index (χ3v) is 5.02. The number of hydrogen-bond donors (Lipinski definition) is 2. The maximum Gasteiger partial charge on any atom is 0.257 e. The van der Waals surface area contributed by atoms with Gasteiger partial charge in [-0.1, -0.05) is 38.8 Å². The predicted octanol–water partition coefficient (Wildman–Crippen LogP) is 2.35. The van der Waals surface area contributed by atoms with Gasteiger partial charge < -0.3 is 10.3 Å². The van der Waals surface area contributed by atoms with E-state index in [0.717, 1.165) is 12.1 Å². The molecule has 0 unspecified atom stereocenters. The molecule has 0 spiro atoms. The first-order valence-corrected chi connectivity index (χ1v) is 7.86. The van der Waals surface area contributed by atoms with Crippen LogP contribution in [0, 0.1) is 6.92 Å². The average molecular weight is 380 g/mol. The molecule has 0 saturated heterocycles. The van der Waals surface area contributed by atoms with Crippen LogP contribution >= 0.6 is 31.9 Å². The highest BCUT2D eigenvalue weighted by molar-refractivity contribution is 9.09. The minimum absolute atomic E-state index is 0.139. The van der Waals surface area contributed by atoms with Crippen LogP contribution in [0.5, 0.6) is 0 Å². The van der Waals surface area contributed by atoms with Gasteiger partial charge in [-0.05, 0) is 13.3 Å². The molecule has 18 heavy (non-hydrogen) atoms. The lowest BCUT2D eigenvalue weighted by molar-refractivity contribution is 0.0914. The van der Waals surface area contributed by atoms with Gasteiger partial charge in [0.05, 0.1) is 5.54 Å². The van der Waals surface area contributed by atoms with E-state index in [1.54, 1.807) is 6.92 Å². The highest BCUT2D eigenvalue weighted by Gasteiger charge is 2.28. The van der Waals surface area contributed by atoms with Gasteiger partial charge in [-0.25, -0.2) is 0 Å². The van der Waals surface area contributed by atoms with E-state index >= 15 is 0 Å². The molecule has 1 aromatic heterocycles. The average Bonchev–Trinajstić information content (AvgIpc) is 2.36. The summed E-state index contributed by atoms with van der Waals surface area (Å²) in [7, 11) is 0. The lowest BCUT2D eigenvalue weighted by atomic mass is 10.0. The fourth-order valence-corrected chi connectivity index (χ4v) is 3.44. The first kappa shape index (κ1) is 15.4. The molecule has 0 aliphatic carbocycles. The Hall–Kier alpha value is -0.620. The van der Waals surface area contributed by atoms with Crippen LogP contribution in [0.4, 0.5) is 0 Å². The van der Waals surface area contributed by atoms with Crippen molar-refractivity contribution in [3.63, 3.8) is 0 Å². The number of carbonyl (C=O) groups is 1. The van der Waals surface area contributed by atoms with E-state index in [2.05, 4.69) is 42.2 Å². The summed E-state index contributed by atoms with van der Waals surface area (Å²) >= 11 is 6.79. The van der Waals surface area contributed by atoms with Gasteiger partial charge in [0.2, 0.25) is 0 Å². The molecule has 0 saturated carbocycles. The highest BCUT2D eigenvalue weighted by atomic mass is 79.9. The SMILES string of the molecule is CCC(CBr)(CBr)NC(=O)c1c[nH]c(C)cc1=O. The zero-order valence-corrected chi connectivity index (χ0v) is 13.5. The second-order valence-electron chi connectivity index (χ2n) is 4.25. The van der Waals surface area contributed by atoms with Crippen LogP contribution in [0.2, 0.25) is 0 Å². The molecular weight excluding hydrogens is 364 g/mol. The third kappa shape index (κ3) is 3.45. The molecule has 6 heteroatoms. The molecule has 0 bridgehead atoms. The largest absolute Gasteiger partial charge is 0.364 e. The molecule has 1 rings (SSSR count). The Bertz CT molecular complexity index is 473. The van der Waals surface area contributed by atoms with Gasteiger partial charge in [-0.2, -0.15) is 0 Å². The highest BCUT2D eigenvalue weighted by Crippen LogP contribution is 2.17. The van der Waals surface area contributed by atoms with Crippen LogP contribution in [-0.4, -0.2) is 27.1 Å². The van der Waals surface area contributed by atoms with Crippen molar-refractivity contribution < 1.29 is 4.79 Å². The van der Waals surface area contributed by atoms with Gasteiger partial charge in [0.1, 0.15) is 5.56 Å². The number of aryl methyl sites for hydroxylation is 1. The minimum Gasteiger partial charge on any atom is -0.364 e. The van der Waals surface area contributed by atoms with E-state index in [1.165, 1.54) is 12.3 Å². The topological polar surface area (TPSA) is 62.0 Å². The smallest absolute Gasteiger partial charge is 0.257 e. The van der Waals surface area contributed by atoms with Gasteiger partial charge in [-0.15, -0.1) is 0 Å². The van der Waals surface area contributed by atoms with Crippen molar-refractivity contribution in [2.45, 2.75) is 25.8 Å². The van der Waals surface area contributed by atoms with Crippen molar-refractivity contribution >= 4 is 37.8 Å². The molecule has 0 aromatic carbocycles. The summed E-state index contributed by atoms with van der Waals surface area (Å²) in [6, 6.07) is 1.42. The molecule has 100 valence electrons. The zero-order chi connectivity index (χ0) is 13.8. The van der Waals surface area contributed by atoms with Crippen LogP contribution in [0.1, 0.15) is 29.4 Å². The van der Waals surface area contributed by atoms with Crippen molar-refractivity contribution in [1.29, 1.82) is 0 Å². The number of H-pyrrole nitrogens is 1. The fraction of sp³-hybridized carbons (Fsp3) is 0.500. The molecule has 1 heterocycles. The summed E-state index contributed by atoms with van der Waals surface area (Å²) in [5, 5.41) is 4.15. The summed E-state index contributed by atoms with van der Waals surface area (Å²) in [6.45, 7) is 3.76. The number of amides is 1. The van der Waals surface area contributed by atoms with Gasteiger partial charge in [0, 0.05) is 28.6 Å². The maximum atomic E-state index is 12.1. The third-order valence-electron chi connectivity index (χ3n) is 2.87. The molecule has 0 radical (unpaired) electrons. The summed E-state index contributed by atoms with van der Waals surface area (Å²) in [6.07, 6.45) is 2.22. The Balaban J connectivity index is 2.98. The maximum absolute atomic E-state index is 12.1. The Morgan fingerprint density at radius 1 is 1.44 bits per heavy atom. The Kier molecular flexibility index (Phi) is 5.59. The molecule has 0 atom stereocenters. The predicted molar refractivity (Wildman–Crippen MR) is 79.9 cm³/mol. The molecule has 0 fully saturated rings. The Morgan fingerprint density at radius 2 is 2.06 bits per heavy atom. The summed E-state index contributed by atoms with van der Waals surface area (Å²) in [4.78, 5) is 26.7. The number of carbonyl (C=O) groups excluding carboxylic acids is 1. The zero-order valence-electron chi connectivity index (χ0n) is 10.3. The monoisotopic (exact) mass is 378 g/mol. The van der Waals surface area contributed by atoms with E-state index in [-0.39, 0.29) is 22.4 Å². The van der Waals surface area contributed by atoms with Crippen LogP contribution in [0.3, 0.4) is 0 Å². The number of aromatic nitrogens is 1. The second kappa shape index (κ2) is 6.52. The van der Waals surface area contributed by atoms with Gasteiger partial charge >= 0.3 is 0 Å². The van der Waals surface area contributed by atoms with Crippen molar-refractivity contribution in [2.24, 2.45) is 0 Å². The van der Waals surface area contributed by atoms with E-state index < -0.39 is 0 Å². The number of hydrogen-bond acceptors (Lipinski definition) is 2. The minimum atomic E-state index is -0.381. The molecular formula is C12H16Br2N2O2. The Labute approximate surface area is 123 Å². The second-order valence-corrected chi connectivity index (χ2v) is 5.37. The van der Waals surface area contributed by atoms with E-state index in [1.807, 2.05) is 6.92 Å². The number of aromatic amines is 1.